The van der Waals surface area contributed by atoms with Crippen LogP contribution in [0.15, 0.2) is 48.5 Å². The van der Waals surface area contributed by atoms with Crippen molar-refractivity contribution < 1.29 is 28.2 Å². The van der Waals surface area contributed by atoms with Gasteiger partial charge in [0, 0.05) is 18.7 Å². The Labute approximate surface area is 162 Å². The number of rotatable bonds is 10. The molecule has 1 unspecified atom stereocenters. The van der Waals surface area contributed by atoms with Crippen molar-refractivity contribution in [3.63, 3.8) is 0 Å². The predicted molar refractivity (Wildman–Crippen MR) is 102 cm³/mol. The van der Waals surface area contributed by atoms with Crippen LogP contribution in [0.25, 0.3) is 0 Å². The second-order valence-corrected chi connectivity index (χ2v) is 7.23. The van der Waals surface area contributed by atoms with Crippen LogP contribution in [0.1, 0.15) is 25.3 Å². The number of carbonyl (C=O) groups is 1. The number of hydrogen-bond donors (Lipinski definition) is 2. The number of phosphoric ester groups is 1. The van der Waals surface area contributed by atoms with Crippen molar-refractivity contribution >= 4 is 19.4 Å². The topological polar surface area (TPSA) is 128 Å². The Kier molecular flexibility index (Phi) is 7.54. The summed E-state index contributed by atoms with van der Waals surface area (Å²) in [5, 5.41) is 13.4. The average molecular weight is 408 g/mol. The largest absolute Gasteiger partial charge is 0.584 e. The van der Waals surface area contributed by atoms with Gasteiger partial charge in [-0.2, -0.15) is 0 Å². The van der Waals surface area contributed by atoms with E-state index in [4.69, 9.17) is 9.05 Å². The van der Waals surface area contributed by atoms with Gasteiger partial charge in [0.25, 0.3) is 5.69 Å². The van der Waals surface area contributed by atoms with Gasteiger partial charge in [-0.25, -0.2) is 4.57 Å². The Morgan fingerprint density at radius 3 is 2.14 bits per heavy atom. The van der Waals surface area contributed by atoms with E-state index in [0.29, 0.717) is 6.54 Å². The first kappa shape index (κ1) is 21.4. The van der Waals surface area contributed by atoms with Crippen LogP contribution in [0.4, 0.5) is 5.69 Å². The Morgan fingerprint density at radius 2 is 1.64 bits per heavy atom. The zero-order valence-electron chi connectivity index (χ0n) is 15.2. The first-order valence-corrected chi connectivity index (χ1v) is 10.1. The lowest BCUT2D eigenvalue weighted by molar-refractivity contribution is -0.384. The molecule has 2 aromatic carbocycles. The monoisotopic (exact) mass is 408 g/mol. The molecule has 0 aromatic heterocycles. The van der Waals surface area contributed by atoms with E-state index in [1.807, 2.05) is 6.92 Å². The number of nitro benzene ring substituents is 1. The third-order valence-corrected chi connectivity index (χ3v) is 4.51. The van der Waals surface area contributed by atoms with Crippen molar-refractivity contribution in [2.45, 2.75) is 26.2 Å². The van der Waals surface area contributed by atoms with Gasteiger partial charge in [-0.15, -0.1) is 0 Å². The van der Waals surface area contributed by atoms with Crippen LogP contribution >= 0.6 is 7.82 Å². The van der Waals surface area contributed by atoms with Gasteiger partial charge in [0.1, 0.15) is 11.5 Å². The Bertz CT molecular complexity index is 853. The summed E-state index contributed by atoms with van der Waals surface area (Å²) in [5.41, 5.74) is 0.556. The lowest BCUT2D eigenvalue weighted by atomic mass is 10.1. The maximum Gasteiger partial charge on any atom is 0.584 e. The number of non-ortho nitro benzene ring substituents is 1. The third kappa shape index (κ3) is 7.02. The maximum absolute atomic E-state index is 12.1. The van der Waals surface area contributed by atoms with Gasteiger partial charge < -0.3 is 14.4 Å². The number of phosphoric acid groups is 1. The minimum Gasteiger partial charge on any atom is -0.395 e. The fourth-order valence-electron chi connectivity index (χ4n) is 2.23. The van der Waals surface area contributed by atoms with Gasteiger partial charge in [-0.3, -0.25) is 19.8 Å². The fraction of sp³-hybridized carbons (Fsp3) is 0.278. The van der Waals surface area contributed by atoms with Crippen molar-refractivity contribution in [2.75, 3.05) is 6.54 Å². The summed E-state index contributed by atoms with van der Waals surface area (Å²) < 4.78 is 22.0. The molecule has 0 saturated heterocycles. The predicted octanol–water partition coefficient (Wildman–Crippen LogP) is 3.61. The van der Waals surface area contributed by atoms with E-state index in [9.17, 15) is 24.4 Å². The van der Waals surface area contributed by atoms with Crippen LogP contribution in [0.3, 0.4) is 0 Å². The average Bonchev–Trinajstić information content (AvgIpc) is 2.63. The van der Waals surface area contributed by atoms with Gasteiger partial charge in [0.2, 0.25) is 5.91 Å². The van der Waals surface area contributed by atoms with Gasteiger partial charge in [-0.05, 0) is 36.2 Å². The summed E-state index contributed by atoms with van der Waals surface area (Å²) in [5.74, 6) is -0.0591. The lowest BCUT2D eigenvalue weighted by Gasteiger charge is -2.14. The third-order valence-electron chi connectivity index (χ3n) is 3.63. The molecule has 150 valence electrons. The molecule has 1 amide bonds. The first-order valence-electron chi connectivity index (χ1n) is 8.61. The fourth-order valence-corrected chi connectivity index (χ4v) is 3.05. The van der Waals surface area contributed by atoms with Gasteiger partial charge in [0.05, 0.1) is 11.3 Å². The highest BCUT2D eigenvalue weighted by Crippen LogP contribution is 2.44. The molecule has 0 spiro atoms. The molecule has 1 atom stereocenters. The number of unbranched alkanes of at least 4 members (excludes halogenated alkanes) is 1. The molecule has 28 heavy (non-hydrogen) atoms. The van der Waals surface area contributed by atoms with Crippen LogP contribution in [0.2, 0.25) is 0 Å². The van der Waals surface area contributed by atoms with Crippen molar-refractivity contribution in [1.82, 2.24) is 5.32 Å². The molecule has 2 N–H and O–H groups in total. The molecular formula is C18H21N2O7P. The Balaban J connectivity index is 1.91. The van der Waals surface area contributed by atoms with Gasteiger partial charge in [0.15, 0.2) is 0 Å². The van der Waals surface area contributed by atoms with E-state index < -0.39 is 12.7 Å². The molecule has 0 aliphatic rings. The Hall–Kier alpha value is -2.90. The lowest BCUT2D eigenvalue weighted by Crippen LogP contribution is -2.25. The molecule has 0 bridgehead atoms. The highest BCUT2D eigenvalue weighted by Gasteiger charge is 2.25. The van der Waals surface area contributed by atoms with E-state index in [2.05, 4.69) is 5.32 Å². The van der Waals surface area contributed by atoms with Gasteiger partial charge in [-0.1, -0.05) is 25.5 Å². The van der Waals surface area contributed by atoms with Crippen LogP contribution < -0.4 is 14.4 Å². The number of nitrogens with one attached hydrogen (secondary N) is 1. The number of hydrogen-bond acceptors (Lipinski definition) is 6. The molecule has 10 heteroatoms. The summed E-state index contributed by atoms with van der Waals surface area (Å²) >= 11 is 0. The quantitative estimate of drug-likeness (QED) is 0.266. The normalized spacial score (nSPS) is 12.6. The van der Waals surface area contributed by atoms with Gasteiger partial charge >= 0.3 is 7.82 Å². The molecule has 2 rings (SSSR count). The van der Waals surface area contributed by atoms with Crippen molar-refractivity contribution in [1.29, 1.82) is 0 Å². The highest BCUT2D eigenvalue weighted by atomic mass is 31.2. The SMILES string of the molecule is CCCCNC(=O)Cc1ccc(OP(=O)(O)Oc2ccc([N+](=O)[O-])cc2)cc1. The standard InChI is InChI=1S/C18H21N2O7P/c1-2-3-12-19-18(21)13-14-4-8-16(9-5-14)26-28(24,25)27-17-10-6-15(7-11-17)20(22)23/h4-11H,2-3,12-13H2,1H3,(H,19,21)(H,24,25). The zero-order chi connectivity index (χ0) is 20.6. The van der Waals surface area contributed by atoms with Crippen molar-refractivity contribution in [2.24, 2.45) is 0 Å². The maximum atomic E-state index is 12.1. The molecule has 0 radical (unpaired) electrons. The van der Waals surface area contributed by atoms with Crippen LogP contribution in [0.5, 0.6) is 11.5 Å². The summed E-state index contributed by atoms with van der Waals surface area (Å²) in [7, 11) is -4.49. The van der Waals surface area contributed by atoms with Crippen molar-refractivity contribution in [3.05, 3.63) is 64.2 Å². The minimum atomic E-state index is -4.49. The van der Waals surface area contributed by atoms with Crippen LogP contribution in [-0.4, -0.2) is 22.3 Å². The van der Waals surface area contributed by atoms with E-state index in [1.165, 1.54) is 24.3 Å². The highest BCUT2D eigenvalue weighted by molar-refractivity contribution is 7.48. The summed E-state index contributed by atoms with van der Waals surface area (Å²) in [6.45, 7) is 2.67. The molecule has 0 fully saturated rings. The van der Waals surface area contributed by atoms with E-state index >= 15 is 0 Å². The van der Waals surface area contributed by atoms with E-state index in [1.54, 1.807) is 12.1 Å². The van der Waals surface area contributed by atoms with E-state index in [0.717, 1.165) is 30.5 Å². The summed E-state index contributed by atoms with van der Waals surface area (Å²) in [4.78, 5) is 31.6. The Morgan fingerprint density at radius 1 is 1.11 bits per heavy atom. The molecule has 0 aliphatic heterocycles. The minimum absolute atomic E-state index is 0.0446. The number of carbonyl (C=O) groups excluding carboxylic acids is 1. The van der Waals surface area contributed by atoms with E-state index in [-0.39, 0.29) is 29.5 Å². The number of nitrogens with zero attached hydrogens (tertiary/aromatic N) is 1. The summed E-state index contributed by atoms with van der Waals surface area (Å²) in [6, 6.07) is 10.8. The van der Waals surface area contributed by atoms with Crippen LogP contribution in [-0.2, 0) is 15.8 Å². The molecule has 0 heterocycles. The van der Waals surface area contributed by atoms with Crippen LogP contribution in [0, 0.1) is 10.1 Å². The second kappa shape index (κ2) is 9.87. The molecule has 9 nitrogen and oxygen atoms in total. The molecular weight excluding hydrogens is 387 g/mol. The van der Waals surface area contributed by atoms with Crippen molar-refractivity contribution in [3.8, 4) is 11.5 Å². The first-order chi connectivity index (χ1) is 13.3. The smallest absolute Gasteiger partial charge is 0.395 e. The second-order valence-electron chi connectivity index (χ2n) is 5.93. The summed E-state index contributed by atoms with van der Waals surface area (Å²) in [6.07, 6.45) is 2.11. The number of amides is 1. The molecule has 0 saturated carbocycles. The molecule has 0 aliphatic carbocycles. The number of nitro groups is 1. The zero-order valence-corrected chi connectivity index (χ0v) is 16.1. The molecule has 2 aromatic rings. The number of benzene rings is 2.